The molecule has 1 N–H and O–H groups in total. The van der Waals surface area contributed by atoms with Crippen LogP contribution in [0.1, 0.15) is 51.4 Å². The molecule has 3 heterocycles. The van der Waals surface area contributed by atoms with E-state index < -0.39 is 0 Å². The average Bonchev–Trinajstić information content (AvgIpc) is 3.20. The summed E-state index contributed by atoms with van der Waals surface area (Å²) in [5.41, 5.74) is 5.60. The summed E-state index contributed by atoms with van der Waals surface area (Å²) in [5.74, 6) is -0.328. The molecule has 1 saturated heterocycles. The summed E-state index contributed by atoms with van der Waals surface area (Å²) in [6.45, 7) is 8.10. The monoisotopic (exact) mass is 461 g/mol. The Morgan fingerprint density at radius 3 is 2.47 bits per heavy atom. The van der Waals surface area contributed by atoms with E-state index in [9.17, 15) is 9.59 Å². The average molecular weight is 462 g/mol. The van der Waals surface area contributed by atoms with Gasteiger partial charge in [-0.1, -0.05) is 12.1 Å². The zero-order chi connectivity index (χ0) is 23.8. The second-order valence-electron chi connectivity index (χ2n) is 9.46. The van der Waals surface area contributed by atoms with E-state index in [1.807, 2.05) is 29.2 Å². The fraction of sp³-hybridized carbons (Fsp3) is 0.407. The second kappa shape index (κ2) is 9.24. The molecule has 2 unspecified atom stereocenters. The Hall–Kier alpha value is -3.16. The van der Waals surface area contributed by atoms with Crippen LogP contribution in [0.5, 0.6) is 0 Å². The van der Waals surface area contributed by atoms with Crippen LogP contribution in [-0.4, -0.2) is 65.6 Å². The third-order valence-corrected chi connectivity index (χ3v) is 6.79. The third kappa shape index (κ3) is 4.45. The van der Waals surface area contributed by atoms with E-state index in [-0.39, 0.29) is 24.1 Å². The normalized spacial score (nSPS) is 20.9. The van der Waals surface area contributed by atoms with E-state index in [4.69, 9.17) is 9.47 Å². The molecule has 7 heteroatoms. The van der Waals surface area contributed by atoms with Crippen molar-refractivity contribution >= 4 is 22.8 Å². The SMILES string of the molecule is COC(=O)c1ccc2[nH]c3c(c2c1)CN(C(=O)c1ccc(CN2CC(C)OC(C)C2)cc1)CC3. The van der Waals surface area contributed by atoms with Crippen molar-refractivity contribution in [2.75, 3.05) is 26.7 Å². The maximum atomic E-state index is 13.3. The van der Waals surface area contributed by atoms with Gasteiger partial charge in [0, 0.05) is 66.9 Å². The number of hydrogen-bond acceptors (Lipinski definition) is 5. The highest BCUT2D eigenvalue weighted by Gasteiger charge is 2.26. The summed E-state index contributed by atoms with van der Waals surface area (Å²) < 4.78 is 10.7. The second-order valence-corrected chi connectivity index (χ2v) is 9.46. The number of nitrogens with zero attached hydrogens (tertiary/aromatic N) is 2. The molecule has 3 aromatic rings. The quantitative estimate of drug-likeness (QED) is 0.599. The number of fused-ring (bicyclic) bond motifs is 3. The van der Waals surface area contributed by atoms with Crippen molar-refractivity contribution in [2.24, 2.45) is 0 Å². The van der Waals surface area contributed by atoms with Gasteiger partial charge in [-0.05, 0) is 49.7 Å². The number of hydrogen-bond donors (Lipinski definition) is 1. The van der Waals surface area contributed by atoms with E-state index in [2.05, 4.69) is 35.9 Å². The molecule has 178 valence electrons. The maximum Gasteiger partial charge on any atom is 0.337 e. The number of carbonyl (C=O) groups excluding carboxylic acids is 2. The molecule has 0 saturated carbocycles. The fourth-order valence-corrected chi connectivity index (χ4v) is 5.24. The molecule has 5 rings (SSSR count). The first-order valence-electron chi connectivity index (χ1n) is 11.9. The molecule has 0 spiro atoms. The van der Waals surface area contributed by atoms with Crippen molar-refractivity contribution in [2.45, 2.75) is 45.6 Å². The Bertz CT molecular complexity index is 1210. The number of methoxy groups -OCH3 is 1. The van der Waals surface area contributed by atoms with Crippen molar-refractivity contribution in [3.63, 3.8) is 0 Å². The van der Waals surface area contributed by atoms with Crippen molar-refractivity contribution in [3.05, 3.63) is 70.4 Å². The van der Waals surface area contributed by atoms with Crippen LogP contribution in [0.15, 0.2) is 42.5 Å². The number of carbonyl (C=O) groups is 2. The molecule has 1 aromatic heterocycles. The molecular formula is C27H31N3O4. The van der Waals surface area contributed by atoms with Gasteiger partial charge in [0.2, 0.25) is 0 Å². The lowest BCUT2D eigenvalue weighted by molar-refractivity contribution is -0.0704. The van der Waals surface area contributed by atoms with Gasteiger partial charge in [0.1, 0.15) is 0 Å². The standard InChI is InChI=1S/C27H31N3O4/c1-17-13-29(14-18(2)34-17)15-19-4-6-20(7-5-19)26(31)30-11-10-25-23(16-30)22-12-21(27(32)33-3)8-9-24(22)28-25/h4-9,12,17-18,28H,10-11,13-16H2,1-3H3. The van der Waals surface area contributed by atoms with E-state index in [1.165, 1.54) is 12.7 Å². The van der Waals surface area contributed by atoms with E-state index in [0.717, 1.165) is 48.2 Å². The first-order valence-corrected chi connectivity index (χ1v) is 11.9. The Kier molecular flexibility index (Phi) is 6.15. The van der Waals surface area contributed by atoms with Crippen LogP contribution in [-0.2, 0) is 29.0 Å². The minimum Gasteiger partial charge on any atom is -0.465 e. The van der Waals surface area contributed by atoms with Crippen LogP contribution in [0.2, 0.25) is 0 Å². The van der Waals surface area contributed by atoms with Gasteiger partial charge in [-0.2, -0.15) is 0 Å². The van der Waals surface area contributed by atoms with Crippen LogP contribution in [0.3, 0.4) is 0 Å². The largest absolute Gasteiger partial charge is 0.465 e. The molecule has 0 bridgehead atoms. The predicted octanol–water partition coefficient (Wildman–Crippen LogP) is 3.76. The van der Waals surface area contributed by atoms with Crippen molar-refractivity contribution in [1.82, 2.24) is 14.8 Å². The topological polar surface area (TPSA) is 74.9 Å². The number of aromatic amines is 1. The van der Waals surface area contributed by atoms with Crippen LogP contribution in [0.4, 0.5) is 0 Å². The number of H-pyrrole nitrogens is 1. The van der Waals surface area contributed by atoms with E-state index >= 15 is 0 Å². The highest BCUT2D eigenvalue weighted by atomic mass is 16.5. The van der Waals surface area contributed by atoms with E-state index in [1.54, 1.807) is 6.07 Å². The van der Waals surface area contributed by atoms with Gasteiger partial charge < -0.3 is 19.4 Å². The van der Waals surface area contributed by atoms with Crippen LogP contribution in [0.25, 0.3) is 10.9 Å². The van der Waals surface area contributed by atoms with Crippen molar-refractivity contribution in [1.29, 1.82) is 0 Å². The van der Waals surface area contributed by atoms with Gasteiger partial charge in [-0.25, -0.2) is 4.79 Å². The van der Waals surface area contributed by atoms with Gasteiger partial charge in [-0.15, -0.1) is 0 Å². The van der Waals surface area contributed by atoms with Crippen LogP contribution >= 0.6 is 0 Å². The fourth-order valence-electron chi connectivity index (χ4n) is 5.24. The summed E-state index contributed by atoms with van der Waals surface area (Å²) in [5, 5.41) is 0.972. The van der Waals surface area contributed by atoms with Gasteiger partial charge in [0.25, 0.3) is 5.91 Å². The van der Waals surface area contributed by atoms with E-state index in [0.29, 0.717) is 24.2 Å². The molecule has 0 aliphatic carbocycles. The molecule has 1 amide bonds. The lowest BCUT2D eigenvalue weighted by Crippen LogP contribution is -2.44. The molecule has 7 nitrogen and oxygen atoms in total. The number of nitrogens with one attached hydrogen (secondary N) is 1. The summed E-state index contributed by atoms with van der Waals surface area (Å²) in [7, 11) is 1.38. The molecule has 2 atom stereocenters. The summed E-state index contributed by atoms with van der Waals surface area (Å²) >= 11 is 0. The first-order chi connectivity index (χ1) is 16.4. The summed E-state index contributed by atoms with van der Waals surface area (Å²) in [4.78, 5) is 33.0. The minimum absolute atomic E-state index is 0.0317. The Labute approximate surface area is 199 Å². The van der Waals surface area contributed by atoms with Gasteiger partial charge >= 0.3 is 5.97 Å². The number of benzene rings is 2. The van der Waals surface area contributed by atoms with Crippen molar-refractivity contribution in [3.8, 4) is 0 Å². The number of ether oxygens (including phenoxy) is 2. The van der Waals surface area contributed by atoms with Gasteiger partial charge in [-0.3, -0.25) is 9.69 Å². The zero-order valence-corrected chi connectivity index (χ0v) is 20.0. The van der Waals surface area contributed by atoms with Gasteiger partial charge in [0.05, 0.1) is 24.9 Å². The van der Waals surface area contributed by atoms with Crippen molar-refractivity contribution < 1.29 is 19.1 Å². The molecule has 34 heavy (non-hydrogen) atoms. The molecule has 2 aromatic carbocycles. The predicted molar refractivity (Wildman–Crippen MR) is 130 cm³/mol. The highest BCUT2D eigenvalue weighted by Crippen LogP contribution is 2.29. The molecule has 1 fully saturated rings. The number of rotatable bonds is 4. The number of esters is 1. The third-order valence-electron chi connectivity index (χ3n) is 6.79. The molecular weight excluding hydrogens is 430 g/mol. The zero-order valence-electron chi connectivity index (χ0n) is 20.0. The number of aromatic nitrogens is 1. The Balaban J connectivity index is 1.30. The van der Waals surface area contributed by atoms with Crippen LogP contribution < -0.4 is 0 Å². The minimum atomic E-state index is -0.360. The Morgan fingerprint density at radius 1 is 1.06 bits per heavy atom. The Morgan fingerprint density at radius 2 is 1.76 bits per heavy atom. The molecule has 0 radical (unpaired) electrons. The lowest BCUT2D eigenvalue weighted by Gasteiger charge is -2.35. The number of amides is 1. The molecule has 2 aliphatic rings. The lowest BCUT2D eigenvalue weighted by atomic mass is 10.0. The first kappa shape index (κ1) is 22.6. The summed E-state index contributed by atoms with van der Waals surface area (Å²) in [6, 6.07) is 13.5. The maximum absolute atomic E-state index is 13.3. The molecule has 2 aliphatic heterocycles. The van der Waals surface area contributed by atoms with Crippen LogP contribution in [0, 0.1) is 0 Å². The highest BCUT2D eigenvalue weighted by molar-refractivity contribution is 5.97. The van der Waals surface area contributed by atoms with Gasteiger partial charge in [0.15, 0.2) is 0 Å². The number of morpholine rings is 1. The summed E-state index contributed by atoms with van der Waals surface area (Å²) in [6.07, 6.45) is 1.23. The smallest absolute Gasteiger partial charge is 0.337 e.